The van der Waals surface area contributed by atoms with Crippen LogP contribution in [0.25, 0.3) is 10.1 Å². The van der Waals surface area contributed by atoms with E-state index < -0.39 is 5.82 Å². The van der Waals surface area contributed by atoms with Crippen molar-refractivity contribution in [2.75, 3.05) is 7.11 Å². The molecule has 3 nitrogen and oxygen atoms in total. The number of hydrogen-bond acceptors (Lipinski definition) is 3. The number of hydrogen-bond donors (Lipinski definition) is 0. The zero-order valence-corrected chi connectivity index (χ0v) is 11.6. The van der Waals surface area contributed by atoms with Crippen LogP contribution in [0.3, 0.4) is 0 Å². The molecule has 0 spiro atoms. The molecule has 0 aliphatic carbocycles. The highest BCUT2D eigenvalue weighted by molar-refractivity contribution is 7.17. The number of nitrogens with zero attached hydrogens (tertiary/aromatic N) is 1. The lowest BCUT2D eigenvalue weighted by Crippen LogP contribution is -2.20. The molecule has 0 fully saturated rings. The van der Waals surface area contributed by atoms with Crippen LogP contribution in [0.5, 0.6) is 5.75 Å². The molecule has 0 aliphatic rings. The highest BCUT2D eigenvalue weighted by atomic mass is 32.1. The molecule has 0 saturated heterocycles. The molecule has 2 aromatic heterocycles. The minimum absolute atomic E-state index is 0.106. The van der Waals surface area contributed by atoms with Crippen LogP contribution >= 0.6 is 11.3 Å². The number of methoxy groups -OCH3 is 1. The van der Waals surface area contributed by atoms with E-state index >= 15 is 0 Å². The van der Waals surface area contributed by atoms with Gasteiger partial charge in [0.15, 0.2) is 11.6 Å². The van der Waals surface area contributed by atoms with Gasteiger partial charge in [0.2, 0.25) is 0 Å². The van der Waals surface area contributed by atoms with Crippen LogP contribution in [0.2, 0.25) is 0 Å². The first-order valence-corrected chi connectivity index (χ1v) is 6.96. The molecule has 0 atom stereocenters. The van der Waals surface area contributed by atoms with Crippen molar-refractivity contribution in [1.82, 2.24) is 4.57 Å². The van der Waals surface area contributed by atoms with Crippen LogP contribution in [0.4, 0.5) is 4.39 Å². The topological polar surface area (TPSA) is 31.2 Å². The van der Waals surface area contributed by atoms with Crippen molar-refractivity contribution >= 4 is 21.4 Å². The van der Waals surface area contributed by atoms with Crippen LogP contribution in [0.1, 0.15) is 5.56 Å². The van der Waals surface area contributed by atoms with Crippen molar-refractivity contribution in [1.29, 1.82) is 0 Å². The van der Waals surface area contributed by atoms with Gasteiger partial charge in [0, 0.05) is 16.5 Å². The van der Waals surface area contributed by atoms with Crippen molar-refractivity contribution in [2.24, 2.45) is 0 Å². The van der Waals surface area contributed by atoms with Gasteiger partial charge in [-0.3, -0.25) is 4.79 Å². The monoisotopic (exact) mass is 289 g/mol. The molecular weight excluding hydrogens is 277 g/mol. The predicted molar refractivity (Wildman–Crippen MR) is 78.1 cm³/mol. The minimum Gasteiger partial charge on any atom is -0.494 e. The molecule has 0 bridgehead atoms. The standard InChI is InChI=1S/C15H12FNO2S/c1-19-12-4-2-3-10(14(12)16)9-17-7-5-13-11(15(17)18)6-8-20-13/h2-8H,9H2,1H3. The SMILES string of the molecule is COc1cccc(Cn2ccc3sccc3c2=O)c1F. The second-order valence-corrected chi connectivity index (χ2v) is 5.33. The molecule has 0 unspecified atom stereocenters. The quantitative estimate of drug-likeness (QED) is 0.741. The number of rotatable bonds is 3. The number of ether oxygens (including phenoxy) is 1. The average Bonchev–Trinajstić information content (AvgIpc) is 2.93. The van der Waals surface area contributed by atoms with Crippen LogP contribution in [0, 0.1) is 5.82 Å². The largest absolute Gasteiger partial charge is 0.494 e. The number of aromatic nitrogens is 1. The third-order valence-electron chi connectivity index (χ3n) is 3.20. The summed E-state index contributed by atoms with van der Waals surface area (Å²) >= 11 is 1.52. The van der Waals surface area contributed by atoms with E-state index in [0.29, 0.717) is 10.9 Å². The highest BCUT2D eigenvalue weighted by Crippen LogP contribution is 2.21. The summed E-state index contributed by atoms with van der Waals surface area (Å²) in [4.78, 5) is 12.3. The Morgan fingerprint density at radius 3 is 2.95 bits per heavy atom. The summed E-state index contributed by atoms with van der Waals surface area (Å²) in [5, 5.41) is 2.54. The van der Waals surface area contributed by atoms with Crippen molar-refractivity contribution in [3.63, 3.8) is 0 Å². The fraction of sp³-hybridized carbons (Fsp3) is 0.133. The van der Waals surface area contributed by atoms with Gasteiger partial charge in [-0.15, -0.1) is 11.3 Å². The lowest BCUT2D eigenvalue weighted by molar-refractivity contribution is 0.383. The maximum Gasteiger partial charge on any atom is 0.259 e. The van der Waals surface area contributed by atoms with Gasteiger partial charge in [-0.1, -0.05) is 12.1 Å². The lowest BCUT2D eigenvalue weighted by Gasteiger charge is -2.09. The van der Waals surface area contributed by atoms with Crippen molar-refractivity contribution in [2.45, 2.75) is 6.54 Å². The molecule has 1 aromatic carbocycles. The highest BCUT2D eigenvalue weighted by Gasteiger charge is 2.10. The maximum atomic E-state index is 14.1. The summed E-state index contributed by atoms with van der Waals surface area (Å²) in [6.45, 7) is 0.188. The summed E-state index contributed by atoms with van der Waals surface area (Å²) in [7, 11) is 1.42. The number of pyridine rings is 1. The molecule has 5 heteroatoms. The Balaban J connectivity index is 2.05. The van der Waals surface area contributed by atoms with Gasteiger partial charge in [-0.25, -0.2) is 4.39 Å². The van der Waals surface area contributed by atoms with E-state index in [1.165, 1.54) is 23.0 Å². The first-order chi connectivity index (χ1) is 9.70. The Hall–Kier alpha value is -2.14. The fourth-order valence-electron chi connectivity index (χ4n) is 2.15. The van der Waals surface area contributed by atoms with E-state index in [9.17, 15) is 9.18 Å². The Morgan fingerprint density at radius 1 is 1.30 bits per heavy atom. The van der Waals surface area contributed by atoms with E-state index in [1.54, 1.807) is 30.5 Å². The van der Waals surface area contributed by atoms with E-state index in [1.807, 2.05) is 11.4 Å². The third-order valence-corrected chi connectivity index (χ3v) is 4.08. The summed E-state index contributed by atoms with van der Waals surface area (Å²) in [6.07, 6.45) is 1.69. The first-order valence-electron chi connectivity index (χ1n) is 6.08. The van der Waals surface area contributed by atoms with Gasteiger partial charge < -0.3 is 9.30 Å². The molecule has 0 radical (unpaired) electrons. The zero-order valence-electron chi connectivity index (χ0n) is 10.8. The van der Waals surface area contributed by atoms with Crippen molar-refractivity contribution in [3.8, 4) is 5.75 Å². The first kappa shape index (κ1) is 12.9. The summed E-state index contributed by atoms with van der Waals surface area (Å²) in [6, 6.07) is 8.59. The minimum atomic E-state index is -0.424. The molecule has 0 aliphatic heterocycles. The average molecular weight is 289 g/mol. The summed E-state index contributed by atoms with van der Waals surface area (Å²) < 4.78 is 21.5. The van der Waals surface area contributed by atoms with E-state index in [0.717, 1.165) is 4.70 Å². The molecule has 3 aromatic rings. The van der Waals surface area contributed by atoms with E-state index in [4.69, 9.17) is 4.74 Å². The Bertz CT molecular complexity index is 822. The lowest BCUT2D eigenvalue weighted by atomic mass is 10.2. The molecule has 0 N–H and O–H groups in total. The Labute approximate surface area is 118 Å². The molecule has 3 rings (SSSR count). The third kappa shape index (κ3) is 2.10. The molecular formula is C15H12FNO2S. The van der Waals surface area contributed by atoms with Gasteiger partial charge in [0.1, 0.15) is 0 Å². The summed E-state index contributed by atoms with van der Waals surface area (Å²) in [5.74, 6) is -0.237. The summed E-state index contributed by atoms with van der Waals surface area (Å²) in [5.41, 5.74) is 0.326. The van der Waals surface area contributed by atoms with Crippen LogP contribution in [-0.2, 0) is 6.54 Å². The van der Waals surface area contributed by atoms with Gasteiger partial charge in [0.05, 0.1) is 19.0 Å². The number of halogens is 1. The van der Waals surface area contributed by atoms with E-state index in [2.05, 4.69) is 0 Å². The Morgan fingerprint density at radius 2 is 2.15 bits per heavy atom. The molecule has 102 valence electrons. The molecule has 0 amide bonds. The second kappa shape index (κ2) is 5.09. The molecule has 20 heavy (non-hydrogen) atoms. The van der Waals surface area contributed by atoms with Gasteiger partial charge in [-0.2, -0.15) is 0 Å². The zero-order chi connectivity index (χ0) is 14.1. The van der Waals surface area contributed by atoms with Crippen molar-refractivity contribution in [3.05, 3.63) is 63.6 Å². The fourth-order valence-corrected chi connectivity index (χ4v) is 2.92. The smallest absolute Gasteiger partial charge is 0.259 e. The molecule has 2 heterocycles. The van der Waals surface area contributed by atoms with E-state index in [-0.39, 0.29) is 17.9 Å². The second-order valence-electron chi connectivity index (χ2n) is 4.38. The van der Waals surface area contributed by atoms with Gasteiger partial charge in [-0.05, 0) is 23.6 Å². The van der Waals surface area contributed by atoms with Gasteiger partial charge >= 0.3 is 0 Å². The van der Waals surface area contributed by atoms with Crippen LogP contribution in [-0.4, -0.2) is 11.7 Å². The van der Waals surface area contributed by atoms with Crippen LogP contribution < -0.4 is 10.3 Å². The Kier molecular flexibility index (Phi) is 3.28. The maximum absolute atomic E-state index is 14.1. The number of benzene rings is 1. The molecule has 0 saturated carbocycles. The normalized spacial score (nSPS) is 10.9. The number of thiophene rings is 1. The van der Waals surface area contributed by atoms with Crippen LogP contribution in [0.15, 0.2) is 46.7 Å². The predicted octanol–water partition coefficient (Wildman–Crippen LogP) is 3.26. The number of fused-ring (bicyclic) bond motifs is 1. The van der Waals surface area contributed by atoms with Crippen molar-refractivity contribution < 1.29 is 9.13 Å². The van der Waals surface area contributed by atoms with Gasteiger partial charge in [0.25, 0.3) is 5.56 Å².